The first-order valence-electron chi connectivity index (χ1n) is 11.0. The number of hydrogen-bond acceptors (Lipinski definition) is 4. The molecule has 156 valence electrons. The fourth-order valence-corrected chi connectivity index (χ4v) is 5.09. The van der Waals surface area contributed by atoms with Crippen molar-refractivity contribution < 1.29 is 5.11 Å². The third-order valence-electron chi connectivity index (χ3n) is 6.49. The number of anilines is 2. The average molecular weight is 422 g/mol. The number of piperazine rings is 1. The van der Waals surface area contributed by atoms with Crippen molar-refractivity contribution in [3.8, 4) is 0 Å². The van der Waals surface area contributed by atoms with Crippen LogP contribution in [0.4, 0.5) is 11.4 Å². The van der Waals surface area contributed by atoms with Gasteiger partial charge >= 0.3 is 0 Å². The number of aliphatic hydroxyl groups excluding tert-OH is 1. The van der Waals surface area contributed by atoms with Crippen molar-refractivity contribution in [3.63, 3.8) is 0 Å². The maximum absolute atomic E-state index is 9.12. The van der Waals surface area contributed by atoms with E-state index >= 15 is 0 Å². The lowest BCUT2D eigenvalue weighted by Crippen LogP contribution is -2.47. The van der Waals surface area contributed by atoms with E-state index in [4.69, 9.17) is 21.7 Å². The van der Waals surface area contributed by atoms with Gasteiger partial charge in [0, 0.05) is 54.6 Å². The number of benzene rings is 2. The van der Waals surface area contributed by atoms with E-state index in [0.717, 1.165) is 56.0 Å². The summed E-state index contributed by atoms with van der Waals surface area (Å²) < 4.78 is 0. The van der Waals surface area contributed by atoms with Crippen LogP contribution in [0.3, 0.4) is 0 Å². The topological polar surface area (TPSA) is 39.6 Å². The molecule has 30 heavy (non-hydrogen) atoms. The van der Waals surface area contributed by atoms with Gasteiger partial charge in [0.2, 0.25) is 0 Å². The van der Waals surface area contributed by atoms with Gasteiger partial charge < -0.3 is 14.9 Å². The molecule has 0 amide bonds. The van der Waals surface area contributed by atoms with Crippen molar-refractivity contribution in [2.75, 3.05) is 42.6 Å². The first-order valence-corrected chi connectivity index (χ1v) is 11.4. The second-order valence-electron chi connectivity index (χ2n) is 8.37. The van der Waals surface area contributed by atoms with Crippen LogP contribution in [-0.2, 0) is 19.3 Å². The van der Waals surface area contributed by atoms with Gasteiger partial charge in [-0.25, -0.2) is 0 Å². The number of aryl methyl sites for hydroxylation is 1. The zero-order valence-corrected chi connectivity index (χ0v) is 18.0. The quantitative estimate of drug-likeness (QED) is 0.666. The minimum absolute atomic E-state index is 0.202. The summed E-state index contributed by atoms with van der Waals surface area (Å²) in [5, 5.41) is 11.1. The number of nitrogens with zero attached hydrogens (tertiary/aromatic N) is 3. The van der Waals surface area contributed by atoms with Gasteiger partial charge in [0.1, 0.15) is 0 Å². The van der Waals surface area contributed by atoms with Crippen LogP contribution in [0.25, 0.3) is 10.9 Å². The Morgan fingerprint density at radius 3 is 2.40 bits per heavy atom. The Hall–Kier alpha value is -2.30. The number of halogens is 1. The molecule has 0 saturated carbocycles. The molecule has 1 fully saturated rings. The predicted molar refractivity (Wildman–Crippen MR) is 125 cm³/mol. The molecule has 5 heteroatoms. The zero-order valence-electron chi connectivity index (χ0n) is 17.3. The molecule has 0 bridgehead atoms. The molecule has 0 radical (unpaired) electrons. The van der Waals surface area contributed by atoms with E-state index in [1.165, 1.54) is 46.4 Å². The average Bonchev–Trinajstić information content (AvgIpc) is 2.78. The molecule has 0 atom stereocenters. The van der Waals surface area contributed by atoms with Gasteiger partial charge in [-0.05, 0) is 73.6 Å². The smallest absolute Gasteiger partial charge is 0.0741 e. The first kappa shape index (κ1) is 19.7. The van der Waals surface area contributed by atoms with Gasteiger partial charge in [0.05, 0.1) is 11.2 Å². The third-order valence-corrected chi connectivity index (χ3v) is 6.73. The summed E-state index contributed by atoms with van der Waals surface area (Å²) in [4.78, 5) is 10.0. The Balaban J connectivity index is 1.42. The normalized spacial score (nSPS) is 16.7. The van der Waals surface area contributed by atoms with Crippen LogP contribution in [0.5, 0.6) is 0 Å². The molecule has 1 aliphatic carbocycles. The fraction of sp³-hybridized carbons (Fsp3) is 0.400. The predicted octanol–water partition coefficient (Wildman–Crippen LogP) is 4.63. The van der Waals surface area contributed by atoms with E-state index < -0.39 is 0 Å². The number of hydrogen-bond donors (Lipinski definition) is 1. The van der Waals surface area contributed by atoms with Crippen LogP contribution in [0, 0.1) is 0 Å². The summed E-state index contributed by atoms with van der Waals surface area (Å²) in [5.74, 6) is 0. The molecule has 5 rings (SSSR count). The SMILES string of the molecule is OCCc1ccc(N2CCN(c3c4c(nc5cc(Cl)ccc35)CCCC4)CC2)cc1. The van der Waals surface area contributed by atoms with Gasteiger partial charge in [0.15, 0.2) is 0 Å². The number of aromatic nitrogens is 1. The van der Waals surface area contributed by atoms with E-state index in [2.05, 4.69) is 40.1 Å². The molecule has 3 aromatic rings. The van der Waals surface area contributed by atoms with Crippen LogP contribution in [0.2, 0.25) is 5.02 Å². The molecule has 1 aliphatic heterocycles. The Morgan fingerprint density at radius 2 is 1.63 bits per heavy atom. The summed E-state index contributed by atoms with van der Waals surface area (Å²) in [6, 6.07) is 14.8. The number of fused-ring (bicyclic) bond motifs is 2. The van der Waals surface area contributed by atoms with Gasteiger partial charge in [0.25, 0.3) is 0 Å². The lowest BCUT2D eigenvalue weighted by Gasteiger charge is -2.39. The summed E-state index contributed by atoms with van der Waals surface area (Å²) >= 11 is 6.28. The maximum Gasteiger partial charge on any atom is 0.0741 e. The molecular formula is C25H28ClN3O. The number of pyridine rings is 1. The second kappa shape index (κ2) is 8.44. The largest absolute Gasteiger partial charge is 0.396 e. The van der Waals surface area contributed by atoms with Crippen molar-refractivity contribution in [2.45, 2.75) is 32.1 Å². The van der Waals surface area contributed by atoms with Crippen LogP contribution in [-0.4, -0.2) is 42.9 Å². The fourth-order valence-electron chi connectivity index (χ4n) is 4.93. The van der Waals surface area contributed by atoms with Gasteiger partial charge in [-0.2, -0.15) is 0 Å². The minimum atomic E-state index is 0.202. The van der Waals surface area contributed by atoms with Crippen LogP contribution < -0.4 is 9.80 Å². The Bertz CT molecular complexity index is 1040. The monoisotopic (exact) mass is 421 g/mol. The number of aliphatic hydroxyl groups is 1. The lowest BCUT2D eigenvalue weighted by molar-refractivity contribution is 0.299. The molecule has 2 aromatic carbocycles. The Morgan fingerprint density at radius 1 is 0.900 bits per heavy atom. The summed E-state index contributed by atoms with van der Waals surface area (Å²) in [6.07, 6.45) is 5.40. The van der Waals surface area contributed by atoms with Crippen LogP contribution in [0.1, 0.15) is 29.7 Å². The van der Waals surface area contributed by atoms with Crippen molar-refractivity contribution in [1.29, 1.82) is 0 Å². The second-order valence-corrected chi connectivity index (χ2v) is 8.80. The van der Waals surface area contributed by atoms with E-state index in [-0.39, 0.29) is 6.61 Å². The lowest BCUT2D eigenvalue weighted by atomic mass is 9.92. The van der Waals surface area contributed by atoms with Gasteiger partial charge in [-0.3, -0.25) is 4.98 Å². The van der Waals surface area contributed by atoms with Gasteiger partial charge in [-0.1, -0.05) is 23.7 Å². The molecule has 2 aliphatic rings. The van der Waals surface area contributed by atoms with Gasteiger partial charge in [-0.15, -0.1) is 0 Å². The summed E-state index contributed by atoms with van der Waals surface area (Å²) in [6.45, 7) is 4.23. The Labute approximate surface area is 183 Å². The molecular weight excluding hydrogens is 394 g/mol. The molecule has 1 N–H and O–H groups in total. The highest BCUT2D eigenvalue weighted by molar-refractivity contribution is 6.31. The Kier molecular flexibility index (Phi) is 5.53. The molecule has 1 aromatic heterocycles. The minimum Gasteiger partial charge on any atom is -0.396 e. The highest BCUT2D eigenvalue weighted by Gasteiger charge is 2.25. The van der Waals surface area contributed by atoms with E-state index in [0.29, 0.717) is 0 Å². The van der Waals surface area contributed by atoms with E-state index in [1.54, 1.807) is 0 Å². The zero-order chi connectivity index (χ0) is 20.5. The van der Waals surface area contributed by atoms with Crippen molar-refractivity contribution in [3.05, 3.63) is 64.3 Å². The van der Waals surface area contributed by atoms with Crippen LogP contribution >= 0.6 is 11.6 Å². The summed E-state index contributed by atoms with van der Waals surface area (Å²) in [7, 11) is 0. The summed E-state index contributed by atoms with van der Waals surface area (Å²) in [5.41, 5.74) is 7.60. The third kappa shape index (κ3) is 3.75. The van der Waals surface area contributed by atoms with Crippen LogP contribution in [0.15, 0.2) is 42.5 Å². The molecule has 0 unspecified atom stereocenters. The number of rotatable bonds is 4. The van der Waals surface area contributed by atoms with Crippen molar-refractivity contribution >= 4 is 33.9 Å². The molecule has 2 heterocycles. The molecule has 0 spiro atoms. The molecule has 4 nitrogen and oxygen atoms in total. The molecule has 1 saturated heterocycles. The van der Waals surface area contributed by atoms with E-state index in [9.17, 15) is 0 Å². The highest BCUT2D eigenvalue weighted by Crippen LogP contribution is 2.37. The van der Waals surface area contributed by atoms with Crippen molar-refractivity contribution in [2.24, 2.45) is 0 Å². The first-order chi connectivity index (χ1) is 14.7. The maximum atomic E-state index is 9.12. The highest BCUT2D eigenvalue weighted by atomic mass is 35.5. The standard InChI is InChI=1S/C25H28ClN3O/c26-19-7-10-22-24(17-19)27-23-4-2-1-3-21(23)25(22)29-14-12-28(13-15-29)20-8-5-18(6-9-20)11-16-30/h5-10,17,30H,1-4,11-16H2. The van der Waals surface area contributed by atoms with E-state index in [1.807, 2.05) is 12.1 Å². The van der Waals surface area contributed by atoms with Crippen molar-refractivity contribution in [1.82, 2.24) is 4.98 Å².